The van der Waals surface area contributed by atoms with Gasteiger partial charge in [0.05, 0.1) is 4.92 Å². The summed E-state index contributed by atoms with van der Waals surface area (Å²) >= 11 is 0. The monoisotopic (exact) mass is 291 g/mol. The summed E-state index contributed by atoms with van der Waals surface area (Å²) in [5.41, 5.74) is 0.753. The third-order valence-corrected chi connectivity index (χ3v) is 3.58. The Hall–Kier alpha value is -2.44. The lowest BCUT2D eigenvalue weighted by atomic mass is 10.0. The van der Waals surface area contributed by atoms with Crippen molar-refractivity contribution in [2.45, 2.75) is 25.8 Å². The first-order valence-corrected chi connectivity index (χ1v) is 6.77. The van der Waals surface area contributed by atoms with Gasteiger partial charge in [0.2, 0.25) is 5.91 Å². The highest BCUT2D eigenvalue weighted by molar-refractivity contribution is 5.79. The predicted octanol–water partition coefficient (Wildman–Crippen LogP) is 1.51. The number of carbonyl (C=O) groups excluding carboxylic acids is 2. The van der Waals surface area contributed by atoms with E-state index in [1.807, 2.05) is 4.90 Å². The van der Waals surface area contributed by atoms with Gasteiger partial charge in [0.25, 0.3) is 5.69 Å². The van der Waals surface area contributed by atoms with Crippen LogP contribution in [0.15, 0.2) is 18.2 Å². The van der Waals surface area contributed by atoms with Crippen molar-refractivity contribution in [2.75, 3.05) is 18.0 Å². The summed E-state index contributed by atoms with van der Waals surface area (Å²) in [5.74, 6) is -0.0604. The van der Waals surface area contributed by atoms with Gasteiger partial charge in [-0.2, -0.15) is 0 Å². The van der Waals surface area contributed by atoms with Crippen molar-refractivity contribution in [3.8, 4) is 0 Å². The summed E-state index contributed by atoms with van der Waals surface area (Å²) in [6, 6.07) is 4.60. The maximum absolute atomic E-state index is 11.1. The molecule has 1 aromatic carbocycles. The molecule has 1 N–H and O–H groups in total. The summed E-state index contributed by atoms with van der Waals surface area (Å²) in [5, 5.41) is 14.0. The van der Waals surface area contributed by atoms with Crippen LogP contribution < -0.4 is 10.2 Å². The molecule has 0 unspecified atom stereocenters. The van der Waals surface area contributed by atoms with Crippen LogP contribution in [0, 0.1) is 10.1 Å². The maximum atomic E-state index is 11.1. The molecule has 7 heteroatoms. The molecule has 1 aliphatic heterocycles. The normalized spacial score (nSPS) is 15.6. The van der Waals surface area contributed by atoms with E-state index in [1.54, 1.807) is 12.1 Å². The average Bonchev–Trinajstić information content (AvgIpc) is 2.47. The van der Waals surface area contributed by atoms with Crippen LogP contribution in [0.2, 0.25) is 0 Å². The van der Waals surface area contributed by atoms with Crippen LogP contribution in [0.5, 0.6) is 0 Å². The fraction of sp³-hybridized carbons (Fsp3) is 0.429. The Bertz CT molecular complexity index is 565. The molecule has 1 saturated heterocycles. The Kier molecular flexibility index (Phi) is 4.52. The first kappa shape index (κ1) is 15.0. The molecule has 1 aliphatic rings. The van der Waals surface area contributed by atoms with Gasteiger partial charge in [0.1, 0.15) is 12.0 Å². The number of piperidine rings is 1. The molecule has 21 heavy (non-hydrogen) atoms. The molecule has 2 rings (SSSR count). The van der Waals surface area contributed by atoms with Gasteiger partial charge in [-0.3, -0.25) is 19.7 Å². The second kappa shape index (κ2) is 6.34. The zero-order valence-electron chi connectivity index (χ0n) is 11.7. The largest absolute Gasteiger partial charge is 0.366 e. The lowest BCUT2D eigenvalue weighted by molar-refractivity contribution is -0.384. The molecule has 0 radical (unpaired) electrons. The van der Waals surface area contributed by atoms with Gasteiger partial charge in [0.15, 0.2) is 0 Å². The van der Waals surface area contributed by atoms with Crippen molar-refractivity contribution in [1.29, 1.82) is 0 Å². The Balaban J connectivity index is 2.14. The number of nitrogens with zero attached hydrogens (tertiary/aromatic N) is 2. The highest BCUT2D eigenvalue weighted by atomic mass is 16.6. The minimum Gasteiger partial charge on any atom is -0.366 e. The second-order valence-corrected chi connectivity index (χ2v) is 5.08. The van der Waals surface area contributed by atoms with Gasteiger partial charge in [-0.1, -0.05) is 0 Å². The SMILES string of the molecule is CC(=O)NC1CCN(c2ccc(C=O)cc2[N+](=O)[O-])CC1. The first-order valence-electron chi connectivity index (χ1n) is 6.77. The van der Waals surface area contributed by atoms with Crippen molar-refractivity contribution >= 4 is 23.6 Å². The smallest absolute Gasteiger partial charge is 0.293 e. The maximum Gasteiger partial charge on any atom is 0.293 e. The number of hydrogen-bond donors (Lipinski definition) is 1. The van der Waals surface area contributed by atoms with Crippen molar-refractivity contribution in [2.24, 2.45) is 0 Å². The number of hydrogen-bond acceptors (Lipinski definition) is 5. The van der Waals surface area contributed by atoms with Crippen LogP contribution in [0.1, 0.15) is 30.1 Å². The fourth-order valence-corrected chi connectivity index (χ4v) is 2.58. The van der Waals surface area contributed by atoms with Crippen LogP contribution in [0.25, 0.3) is 0 Å². The van der Waals surface area contributed by atoms with Crippen molar-refractivity contribution in [1.82, 2.24) is 5.32 Å². The third kappa shape index (κ3) is 3.56. The van der Waals surface area contributed by atoms with Gasteiger partial charge in [0, 0.05) is 37.7 Å². The lowest BCUT2D eigenvalue weighted by Gasteiger charge is -2.33. The first-order chi connectivity index (χ1) is 10.0. The summed E-state index contributed by atoms with van der Waals surface area (Å²) in [6.07, 6.45) is 2.08. The predicted molar refractivity (Wildman–Crippen MR) is 77.5 cm³/mol. The van der Waals surface area contributed by atoms with Gasteiger partial charge < -0.3 is 10.2 Å². The number of rotatable bonds is 4. The molecule has 0 saturated carbocycles. The number of benzene rings is 1. The van der Waals surface area contributed by atoms with Gasteiger partial charge in [-0.25, -0.2) is 0 Å². The van der Waals surface area contributed by atoms with Crippen LogP contribution in [-0.4, -0.2) is 36.2 Å². The fourth-order valence-electron chi connectivity index (χ4n) is 2.58. The molecule has 0 atom stereocenters. The molecule has 1 aromatic rings. The summed E-state index contributed by atoms with van der Waals surface area (Å²) in [4.78, 5) is 34.4. The van der Waals surface area contributed by atoms with E-state index in [0.29, 0.717) is 30.6 Å². The number of anilines is 1. The van der Waals surface area contributed by atoms with E-state index in [0.717, 1.165) is 12.8 Å². The summed E-state index contributed by atoms with van der Waals surface area (Å²) < 4.78 is 0. The Morgan fingerprint density at radius 3 is 2.62 bits per heavy atom. The number of aldehydes is 1. The second-order valence-electron chi connectivity index (χ2n) is 5.08. The van der Waals surface area contributed by atoms with E-state index in [9.17, 15) is 19.7 Å². The lowest BCUT2D eigenvalue weighted by Crippen LogP contribution is -2.44. The highest BCUT2D eigenvalue weighted by Gasteiger charge is 2.25. The molecule has 0 aromatic heterocycles. The minimum absolute atomic E-state index is 0.0578. The number of nitrogens with one attached hydrogen (secondary N) is 1. The molecule has 1 amide bonds. The third-order valence-electron chi connectivity index (χ3n) is 3.58. The van der Waals surface area contributed by atoms with Crippen LogP contribution in [0.3, 0.4) is 0 Å². The summed E-state index contributed by atoms with van der Waals surface area (Å²) in [6.45, 7) is 2.74. The van der Waals surface area contributed by atoms with Crippen molar-refractivity contribution < 1.29 is 14.5 Å². The van der Waals surface area contributed by atoms with E-state index in [1.165, 1.54) is 13.0 Å². The number of nitro benzene ring substituents is 1. The van der Waals surface area contributed by atoms with Gasteiger partial charge in [-0.15, -0.1) is 0 Å². The Labute approximate surface area is 122 Å². The molecule has 1 fully saturated rings. The van der Waals surface area contributed by atoms with E-state index in [2.05, 4.69) is 5.32 Å². The minimum atomic E-state index is -0.470. The Morgan fingerprint density at radius 1 is 1.43 bits per heavy atom. The van der Waals surface area contributed by atoms with E-state index < -0.39 is 4.92 Å². The topological polar surface area (TPSA) is 92.6 Å². The van der Waals surface area contributed by atoms with Gasteiger partial charge in [-0.05, 0) is 25.0 Å². The van der Waals surface area contributed by atoms with Crippen LogP contribution in [0.4, 0.5) is 11.4 Å². The zero-order valence-corrected chi connectivity index (χ0v) is 11.7. The Morgan fingerprint density at radius 2 is 2.10 bits per heavy atom. The van der Waals surface area contributed by atoms with Crippen molar-refractivity contribution in [3.63, 3.8) is 0 Å². The molecular formula is C14H17N3O4. The number of amides is 1. The van der Waals surface area contributed by atoms with E-state index >= 15 is 0 Å². The standard InChI is InChI=1S/C14H17N3O4/c1-10(19)15-12-4-6-16(7-5-12)13-3-2-11(9-18)8-14(13)17(20)21/h2-3,8-9,12H,4-7H2,1H3,(H,15,19). The number of carbonyl (C=O) groups is 2. The molecule has 0 aliphatic carbocycles. The number of nitro groups is 1. The van der Waals surface area contributed by atoms with E-state index in [4.69, 9.17) is 0 Å². The average molecular weight is 291 g/mol. The van der Waals surface area contributed by atoms with Crippen LogP contribution >= 0.6 is 0 Å². The van der Waals surface area contributed by atoms with Crippen molar-refractivity contribution in [3.05, 3.63) is 33.9 Å². The molecular weight excluding hydrogens is 274 g/mol. The van der Waals surface area contributed by atoms with Gasteiger partial charge >= 0.3 is 0 Å². The molecule has 0 bridgehead atoms. The molecule has 1 heterocycles. The highest BCUT2D eigenvalue weighted by Crippen LogP contribution is 2.31. The van der Waals surface area contributed by atoms with Crippen LogP contribution in [-0.2, 0) is 4.79 Å². The molecule has 7 nitrogen and oxygen atoms in total. The quantitative estimate of drug-likeness (QED) is 0.515. The molecule has 0 spiro atoms. The molecule has 112 valence electrons. The summed E-state index contributed by atoms with van der Waals surface area (Å²) in [7, 11) is 0. The zero-order chi connectivity index (χ0) is 15.4. The van der Waals surface area contributed by atoms with E-state index in [-0.39, 0.29) is 17.6 Å².